The summed E-state index contributed by atoms with van der Waals surface area (Å²) in [5.74, 6) is -0.669. The lowest BCUT2D eigenvalue weighted by Gasteiger charge is -2.19. The summed E-state index contributed by atoms with van der Waals surface area (Å²) in [6.45, 7) is 7.73. The number of hydrazine groups is 2. The summed E-state index contributed by atoms with van der Waals surface area (Å²) in [6, 6.07) is 8.76. The SMILES string of the molecule is Cc1cn(-c2cc(C(=O)Nc3ccc(C)c(N4C=C(c5cnc(NC(C)C)s5)NN4)c3)cc(C(F)(F)F)c2)cn1. The number of nitrogens with one attached hydrogen (secondary N) is 4. The topological polar surface area (TPSA) is 99.1 Å². The van der Waals surface area contributed by atoms with E-state index >= 15 is 0 Å². The summed E-state index contributed by atoms with van der Waals surface area (Å²) in [4.78, 5) is 22.5. The van der Waals surface area contributed by atoms with E-state index in [1.165, 1.54) is 28.3 Å². The Morgan fingerprint density at radius 3 is 2.60 bits per heavy atom. The Balaban J connectivity index is 1.39. The molecule has 2 aromatic heterocycles. The molecular weight excluding hydrogens is 541 g/mol. The molecule has 1 aliphatic heterocycles. The van der Waals surface area contributed by atoms with Crippen LogP contribution in [0.1, 0.15) is 45.9 Å². The third-order valence-corrected chi connectivity index (χ3v) is 6.96. The Morgan fingerprint density at radius 2 is 1.90 bits per heavy atom. The first kappa shape index (κ1) is 27.2. The van der Waals surface area contributed by atoms with Gasteiger partial charge >= 0.3 is 6.18 Å². The van der Waals surface area contributed by atoms with E-state index in [-0.39, 0.29) is 17.3 Å². The zero-order valence-electron chi connectivity index (χ0n) is 22.1. The number of alkyl halides is 3. The molecule has 0 fully saturated rings. The van der Waals surface area contributed by atoms with Gasteiger partial charge in [0.05, 0.1) is 33.8 Å². The fourth-order valence-electron chi connectivity index (χ4n) is 4.05. The average Bonchev–Trinajstić information content (AvgIpc) is 3.65. The number of halogens is 3. The monoisotopic (exact) mass is 568 g/mol. The fourth-order valence-corrected chi connectivity index (χ4v) is 4.98. The van der Waals surface area contributed by atoms with Crippen LogP contribution in [-0.2, 0) is 6.18 Å². The van der Waals surface area contributed by atoms with Crippen LogP contribution in [0.4, 0.5) is 29.7 Å². The number of hydrogen-bond acceptors (Lipinski definition) is 8. The lowest BCUT2D eigenvalue weighted by atomic mass is 10.1. The Morgan fingerprint density at radius 1 is 1.10 bits per heavy atom. The van der Waals surface area contributed by atoms with Crippen LogP contribution in [0.5, 0.6) is 0 Å². The van der Waals surface area contributed by atoms with Gasteiger partial charge in [0.15, 0.2) is 5.13 Å². The highest BCUT2D eigenvalue weighted by atomic mass is 32.1. The van der Waals surface area contributed by atoms with Gasteiger partial charge in [-0.3, -0.25) is 9.80 Å². The van der Waals surface area contributed by atoms with Gasteiger partial charge in [0.1, 0.15) is 0 Å². The van der Waals surface area contributed by atoms with Gasteiger partial charge in [0, 0.05) is 41.6 Å². The van der Waals surface area contributed by atoms with E-state index in [1.807, 2.05) is 33.0 Å². The van der Waals surface area contributed by atoms with Crippen LogP contribution < -0.4 is 26.6 Å². The van der Waals surface area contributed by atoms with E-state index in [1.54, 1.807) is 36.5 Å². The van der Waals surface area contributed by atoms with Crippen molar-refractivity contribution in [3.63, 3.8) is 0 Å². The first-order valence-corrected chi connectivity index (χ1v) is 13.2. The number of hydrogen-bond donors (Lipinski definition) is 4. The third-order valence-electron chi connectivity index (χ3n) is 6.00. The van der Waals surface area contributed by atoms with Crippen LogP contribution in [0.15, 0.2) is 61.3 Å². The molecule has 9 nitrogen and oxygen atoms in total. The minimum Gasteiger partial charge on any atom is -0.359 e. The van der Waals surface area contributed by atoms with E-state index in [0.29, 0.717) is 11.4 Å². The molecule has 5 rings (SSSR count). The standard InChI is InChI=1S/C27H27F3N8OS/c1-15(2)33-26-31-11-24(40-26)22-13-38(36-35-22)23-10-20(6-5-16(23)3)34-25(39)18-7-19(27(28,29)30)9-21(8-18)37-12-17(4)32-14-37/h5-15,35-36H,1-4H3,(H,31,33)(H,34,39). The van der Waals surface area contributed by atoms with Crippen molar-refractivity contribution >= 4 is 39.4 Å². The lowest BCUT2D eigenvalue weighted by Crippen LogP contribution is -2.36. The molecule has 0 spiro atoms. The number of nitrogens with zero attached hydrogens (tertiary/aromatic N) is 4. The van der Waals surface area contributed by atoms with Gasteiger partial charge in [-0.05, 0) is 63.6 Å². The number of aryl methyl sites for hydroxylation is 2. The Kier molecular flexibility index (Phi) is 7.25. The number of carbonyl (C=O) groups is 1. The minimum absolute atomic E-state index is 0.127. The number of amides is 1. The van der Waals surface area contributed by atoms with Gasteiger partial charge in [-0.15, -0.1) is 5.53 Å². The molecule has 0 saturated carbocycles. The Bertz CT molecular complexity index is 1590. The van der Waals surface area contributed by atoms with Crippen molar-refractivity contribution in [2.45, 2.75) is 39.9 Å². The maximum Gasteiger partial charge on any atom is 0.416 e. The molecule has 2 aromatic carbocycles. The van der Waals surface area contributed by atoms with Gasteiger partial charge < -0.3 is 20.6 Å². The highest BCUT2D eigenvalue weighted by Crippen LogP contribution is 2.33. The number of rotatable bonds is 7. The van der Waals surface area contributed by atoms with Gasteiger partial charge in [0.25, 0.3) is 5.91 Å². The van der Waals surface area contributed by atoms with Crippen LogP contribution in [0.3, 0.4) is 0 Å². The van der Waals surface area contributed by atoms with Crippen molar-refractivity contribution in [2.24, 2.45) is 0 Å². The maximum absolute atomic E-state index is 13.7. The zero-order chi connectivity index (χ0) is 28.6. The summed E-state index contributed by atoms with van der Waals surface area (Å²) < 4.78 is 42.4. The highest BCUT2D eigenvalue weighted by Gasteiger charge is 2.32. The molecular formula is C27H27F3N8OS. The summed E-state index contributed by atoms with van der Waals surface area (Å²) in [5, 5.41) is 8.59. The van der Waals surface area contributed by atoms with Crippen LogP contribution in [0.25, 0.3) is 11.4 Å². The molecule has 0 bridgehead atoms. The van der Waals surface area contributed by atoms with Crippen molar-refractivity contribution in [2.75, 3.05) is 15.6 Å². The van der Waals surface area contributed by atoms with E-state index in [4.69, 9.17) is 0 Å². The summed E-state index contributed by atoms with van der Waals surface area (Å²) in [5.41, 5.74) is 8.86. The smallest absolute Gasteiger partial charge is 0.359 e. The molecule has 0 saturated heterocycles. The highest BCUT2D eigenvalue weighted by molar-refractivity contribution is 7.16. The molecule has 4 N–H and O–H groups in total. The molecule has 0 atom stereocenters. The lowest BCUT2D eigenvalue weighted by molar-refractivity contribution is -0.137. The molecule has 3 heterocycles. The Hall–Kier alpha value is -4.36. The van der Waals surface area contributed by atoms with Gasteiger partial charge in [-0.2, -0.15) is 13.2 Å². The van der Waals surface area contributed by atoms with Crippen LogP contribution >= 0.6 is 11.3 Å². The van der Waals surface area contributed by atoms with Crippen LogP contribution in [0.2, 0.25) is 0 Å². The first-order valence-electron chi connectivity index (χ1n) is 12.4. The molecule has 40 heavy (non-hydrogen) atoms. The van der Waals surface area contributed by atoms with Crippen LogP contribution in [-0.4, -0.2) is 26.5 Å². The molecule has 4 aromatic rings. The quantitative estimate of drug-likeness (QED) is 0.222. The summed E-state index contributed by atoms with van der Waals surface area (Å²) >= 11 is 1.51. The second kappa shape index (κ2) is 10.7. The molecule has 208 valence electrons. The molecule has 0 aliphatic carbocycles. The summed E-state index contributed by atoms with van der Waals surface area (Å²) in [7, 11) is 0. The molecule has 1 amide bonds. The number of thiazole rings is 1. The summed E-state index contributed by atoms with van der Waals surface area (Å²) in [6.07, 6.45) is 2.02. The van der Waals surface area contributed by atoms with E-state index in [9.17, 15) is 18.0 Å². The third kappa shape index (κ3) is 5.95. The van der Waals surface area contributed by atoms with Crippen molar-refractivity contribution in [1.29, 1.82) is 0 Å². The number of benzene rings is 2. The van der Waals surface area contributed by atoms with Crippen LogP contribution in [0, 0.1) is 13.8 Å². The normalized spacial score (nSPS) is 13.4. The van der Waals surface area contributed by atoms with E-state index in [0.717, 1.165) is 39.1 Å². The Labute approximate surface area is 232 Å². The second-order valence-electron chi connectivity index (χ2n) is 9.62. The number of aromatic nitrogens is 3. The number of imidazole rings is 1. The number of carbonyl (C=O) groups excluding carboxylic acids is 1. The maximum atomic E-state index is 13.7. The minimum atomic E-state index is -4.63. The molecule has 1 aliphatic rings. The van der Waals surface area contributed by atoms with Gasteiger partial charge in [0.2, 0.25) is 0 Å². The molecule has 0 radical (unpaired) electrons. The van der Waals surface area contributed by atoms with Gasteiger partial charge in [-0.1, -0.05) is 17.4 Å². The largest absolute Gasteiger partial charge is 0.416 e. The first-order chi connectivity index (χ1) is 19.0. The zero-order valence-corrected chi connectivity index (χ0v) is 22.9. The predicted octanol–water partition coefficient (Wildman–Crippen LogP) is 5.86. The second-order valence-corrected chi connectivity index (χ2v) is 10.7. The fraction of sp³-hybridized carbons (Fsp3) is 0.222. The van der Waals surface area contributed by atoms with Gasteiger partial charge in [-0.25, -0.2) is 9.97 Å². The van der Waals surface area contributed by atoms with Crippen molar-refractivity contribution in [3.8, 4) is 5.69 Å². The van der Waals surface area contributed by atoms with Crippen molar-refractivity contribution < 1.29 is 18.0 Å². The van der Waals surface area contributed by atoms with Crippen molar-refractivity contribution in [1.82, 2.24) is 25.5 Å². The predicted molar refractivity (Wildman–Crippen MR) is 150 cm³/mol. The van der Waals surface area contributed by atoms with E-state index < -0.39 is 17.6 Å². The number of anilines is 3. The van der Waals surface area contributed by atoms with E-state index in [2.05, 4.69) is 31.6 Å². The average molecular weight is 569 g/mol. The molecule has 13 heteroatoms. The molecule has 0 unspecified atom stereocenters. The van der Waals surface area contributed by atoms with Crippen molar-refractivity contribution in [3.05, 3.63) is 88.6 Å².